The van der Waals surface area contributed by atoms with Crippen molar-refractivity contribution in [2.24, 2.45) is 0 Å². The van der Waals surface area contributed by atoms with Gasteiger partial charge in [0.2, 0.25) is 0 Å². The van der Waals surface area contributed by atoms with Crippen molar-refractivity contribution in [2.75, 3.05) is 11.9 Å². The number of nitriles is 1. The van der Waals surface area contributed by atoms with Gasteiger partial charge in [-0.2, -0.15) is 5.26 Å². The number of aryl methyl sites for hydroxylation is 2. The van der Waals surface area contributed by atoms with E-state index < -0.39 is 0 Å². The van der Waals surface area contributed by atoms with Crippen LogP contribution < -0.4 is 4.90 Å². The van der Waals surface area contributed by atoms with E-state index in [0.29, 0.717) is 11.6 Å². The third-order valence-corrected chi connectivity index (χ3v) is 5.12. The van der Waals surface area contributed by atoms with Gasteiger partial charge in [0.25, 0.3) is 0 Å². The fourth-order valence-electron chi connectivity index (χ4n) is 2.88. The van der Waals surface area contributed by atoms with Crippen molar-refractivity contribution in [2.45, 2.75) is 38.6 Å². The average Bonchev–Trinajstić information content (AvgIpc) is 3.15. The van der Waals surface area contributed by atoms with Gasteiger partial charge in [-0.3, -0.25) is 0 Å². The maximum Gasteiger partial charge on any atom is 0.146 e. The summed E-state index contributed by atoms with van der Waals surface area (Å²) >= 11 is 1.78. The zero-order valence-electron chi connectivity index (χ0n) is 12.5. The average molecular weight is 297 g/mol. The molecule has 1 aliphatic rings. The molecule has 2 aromatic rings. The van der Waals surface area contributed by atoms with Crippen LogP contribution in [0.5, 0.6) is 0 Å². The smallest absolute Gasteiger partial charge is 0.146 e. The molecule has 4 heteroatoms. The maximum atomic E-state index is 9.42. The van der Waals surface area contributed by atoms with Crippen LogP contribution in [-0.2, 0) is 19.3 Å². The zero-order valence-corrected chi connectivity index (χ0v) is 13.3. The Balaban J connectivity index is 1.87. The van der Waals surface area contributed by atoms with Crippen LogP contribution in [-0.4, -0.2) is 18.1 Å². The molecule has 0 aromatic carbocycles. The highest BCUT2D eigenvalue weighted by Gasteiger charge is 2.21. The molecule has 0 aliphatic heterocycles. The monoisotopic (exact) mass is 297 g/mol. The molecule has 1 unspecified atom stereocenters. The van der Waals surface area contributed by atoms with E-state index in [1.807, 2.05) is 13.1 Å². The summed E-state index contributed by atoms with van der Waals surface area (Å²) in [7, 11) is 2.04. The quantitative estimate of drug-likeness (QED) is 0.866. The minimum atomic E-state index is 0.322. The van der Waals surface area contributed by atoms with E-state index in [9.17, 15) is 5.26 Å². The molecular weight excluding hydrogens is 278 g/mol. The Bertz CT molecular complexity index is 670. The molecule has 1 aliphatic carbocycles. The molecule has 2 aromatic heterocycles. The number of aromatic nitrogens is 1. The number of rotatable bonds is 4. The SMILES string of the molecule is CC(Cc1cccs1)N(C)c1nc2c(cc1C#N)CCC2. The number of hydrogen-bond acceptors (Lipinski definition) is 4. The Morgan fingerprint density at radius 2 is 2.33 bits per heavy atom. The highest BCUT2D eigenvalue weighted by atomic mass is 32.1. The Morgan fingerprint density at radius 1 is 1.48 bits per heavy atom. The molecule has 3 nitrogen and oxygen atoms in total. The van der Waals surface area contributed by atoms with Crippen LogP contribution in [0.4, 0.5) is 5.82 Å². The van der Waals surface area contributed by atoms with Crippen LogP contribution in [0.15, 0.2) is 23.6 Å². The van der Waals surface area contributed by atoms with E-state index >= 15 is 0 Å². The molecule has 1 atom stereocenters. The standard InChI is InChI=1S/C17H19N3S/c1-12(9-15-6-4-8-21-15)20(2)17-14(11-18)10-13-5-3-7-16(13)19-17/h4,6,8,10,12H,3,5,7,9H2,1-2H3. The molecule has 3 rings (SSSR count). The van der Waals surface area contributed by atoms with Crippen molar-refractivity contribution in [3.05, 3.63) is 45.3 Å². The Hall–Kier alpha value is -1.86. The summed E-state index contributed by atoms with van der Waals surface area (Å²) in [6.45, 7) is 2.19. The first-order valence-corrected chi connectivity index (χ1v) is 8.25. The second-order valence-corrected chi connectivity index (χ2v) is 6.71. The normalized spacial score (nSPS) is 14.5. The summed E-state index contributed by atoms with van der Waals surface area (Å²) < 4.78 is 0. The van der Waals surface area contributed by atoms with E-state index in [2.05, 4.69) is 35.4 Å². The fraction of sp³-hybridized carbons (Fsp3) is 0.412. The van der Waals surface area contributed by atoms with Crippen molar-refractivity contribution in [3.8, 4) is 6.07 Å². The first-order valence-electron chi connectivity index (χ1n) is 7.37. The summed E-state index contributed by atoms with van der Waals surface area (Å²) in [5.41, 5.74) is 3.14. The zero-order chi connectivity index (χ0) is 14.8. The fourth-order valence-corrected chi connectivity index (χ4v) is 3.70. The predicted octanol–water partition coefficient (Wildman–Crippen LogP) is 3.57. The molecule has 108 valence electrons. The first-order chi connectivity index (χ1) is 10.2. The molecule has 0 radical (unpaired) electrons. The number of anilines is 1. The van der Waals surface area contributed by atoms with Gasteiger partial charge in [0.15, 0.2) is 0 Å². The second kappa shape index (κ2) is 5.87. The minimum absolute atomic E-state index is 0.322. The van der Waals surface area contributed by atoms with Gasteiger partial charge in [0.05, 0.1) is 5.56 Å². The largest absolute Gasteiger partial charge is 0.356 e. The summed E-state index contributed by atoms with van der Waals surface area (Å²) in [6, 6.07) is 8.93. The molecular formula is C17H19N3S. The number of fused-ring (bicyclic) bond motifs is 1. The molecule has 0 saturated heterocycles. The van der Waals surface area contributed by atoms with Gasteiger partial charge in [-0.1, -0.05) is 6.07 Å². The van der Waals surface area contributed by atoms with Gasteiger partial charge in [0.1, 0.15) is 11.9 Å². The van der Waals surface area contributed by atoms with E-state index in [1.54, 1.807) is 11.3 Å². The number of pyridine rings is 1. The third kappa shape index (κ3) is 2.79. The van der Waals surface area contributed by atoms with Crippen LogP contribution in [0.3, 0.4) is 0 Å². The van der Waals surface area contributed by atoms with E-state index in [0.717, 1.165) is 31.5 Å². The summed E-state index contributed by atoms with van der Waals surface area (Å²) in [6.07, 6.45) is 4.25. The summed E-state index contributed by atoms with van der Waals surface area (Å²) in [5.74, 6) is 0.835. The van der Waals surface area contributed by atoms with Crippen LogP contribution in [0.1, 0.15) is 35.0 Å². The van der Waals surface area contributed by atoms with Gasteiger partial charge in [-0.15, -0.1) is 11.3 Å². The Labute approximate surface area is 129 Å². The van der Waals surface area contributed by atoms with Gasteiger partial charge >= 0.3 is 0 Å². The van der Waals surface area contributed by atoms with Crippen molar-refractivity contribution in [1.29, 1.82) is 5.26 Å². The van der Waals surface area contributed by atoms with Crippen molar-refractivity contribution >= 4 is 17.2 Å². The highest BCUT2D eigenvalue weighted by molar-refractivity contribution is 7.09. The highest BCUT2D eigenvalue weighted by Crippen LogP contribution is 2.28. The topological polar surface area (TPSA) is 39.9 Å². The van der Waals surface area contributed by atoms with Crippen LogP contribution >= 0.6 is 11.3 Å². The molecule has 0 fully saturated rings. The van der Waals surface area contributed by atoms with Gasteiger partial charge in [0, 0.05) is 30.1 Å². The third-order valence-electron chi connectivity index (χ3n) is 4.22. The lowest BCUT2D eigenvalue weighted by atomic mass is 10.1. The lowest BCUT2D eigenvalue weighted by molar-refractivity contribution is 0.678. The van der Waals surface area contributed by atoms with Crippen LogP contribution in [0.25, 0.3) is 0 Å². The molecule has 21 heavy (non-hydrogen) atoms. The lowest BCUT2D eigenvalue weighted by Crippen LogP contribution is -2.32. The van der Waals surface area contributed by atoms with Gasteiger partial charge in [-0.05, 0) is 49.3 Å². The second-order valence-electron chi connectivity index (χ2n) is 5.67. The number of thiophene rings is 1. The molecule has 0 amide bonds. The minimum Gasteiger partial charge on any atom is -0.356 e. The van der Waals surface area contributed by atoms with E-state index in [1.165, 1.54) is 16.1 Å². The number of nitrogens with zero attached hydrogens (tertiary/aromatic N) is 3. The molecule has 0 N–H and O–H groups in total. The van der Waals surface area contributed by atoms with Gasteiger partial charge in [-0.25, -0.2) is 4.98 Å². The van der Waals surface area contributed by atoms with Gasteiger partial charge < -0.3 is 4.90 Å². The molecule has 0 saturated carbocycles. The lowest BCUT2D eigenvalue weighted by Gasteiger charge is -2.27. The molecule has 2 heterocycles. The molecule has 0 spiro atoms. The van der Waals surface area contributed by atoms with Crippen LogP contribution in [0.2, 0.25) is 0 Å². The first kappa shape index (κ1) is 14.1. The summed E-state index contributed by atoms with van der Waals surface area (Å²) in [5, 5.41) is 11.5. The van der Waals surface area contributed by atoms with Crippen molar-refractivity contribution < 1.29 is 0 Å². The Kier molecular flexibility index (Phi) is 3.94. The maximum absolute atomic E-state index is 9.42. The Morgan fingerprint density at radius 3 is 3.05 bits per heavy atom. The molecule has 0 bridgehead atoms. The number of likely N-dealkylation sites (N-methyl/N-ethyl adjacent to an activating group) is 1. The predicted molar refractivity (Wildman–Crippen MR) is 86.9 cm³/mol. The summed E-state index contributed by atoms with van der Waals surface area (Å²) in [4.78, 5) is 8.30. The van der Waals surface area contributed by atoms with E-state index in [-0.39, 0.29) is 0 Å². The van der Waals surface area contributed by atoms with Crippen molar-refractivity contribution in [3.63, 3.8) is 0 Å². The van der Waals surface area contributed by atoms with Crippen LogP contribution in [0, 0.1) is 11.3 Å². The van der Waals surface area contributed by atoms with E-state index in [4.69, 9.17) is 4.98 Å². The van der Waals surface area contributed by atoms with Crippen molar-refractivity contribution in [1.82, 2.24) is 4.98 Å². The number of hydrogen-bond donors (Lipinski definition) is 0.